The van der Waals surface area contributed by atoms with E-state index in [1.807, 2.05) is 24.3 Å². The van der Waals surface area contributed by atoms with Crippen LogP contribution in [0.4, 0.5) is 0 Å². The number of halogens is 1. The SMILES string of the molecule is NNC(=O)c1coc(CSc2cccc(Cl)c2)c1. The molecule has 1 aromatic heterocycles. The van der Waals surface area contributed by atoms with Gasteiger partial charge in [0.2, 0.25) is 0 Å². The van der Waals surface area contributed by atoms with E-state index < -0.39 is 0 Å². The van der Waals surface area contributed by atoms with Crippen LogP contribution in [-0.4, -0.2) is 5.91 Å². The van der Waals surface area contributed by atoms with Crippen LogP contribution in [-0.2, 0) is 5.75 Å². The monoisotopic (exact) mass is 282 g/mol. The second-order valence-electron chi connectivity index (χ2n) is 3.52. The summed E-state index contributed by atoms with van der Waals surface area (Å²) in [6.45, 7) is 0. The van der Waals surface area contributed by atoms with E-state index in [1.54, 1.807) is 17.8 Å². The molecule has 0 aliphatic rings. The predicted molar refractivity (Wildman–Crippen MR) is 71.4 cm³/mol. The van der Waals surface area contributed by atoms with Crippen molar-refractivity contribution in [2.75, 3.05) is 0 Å². The number of amides is 1. The molecule has 2 aromatic rings. The lowest BCUT2D eigenvalue weighted by atomic mass is 10.3. The molecule has 6 heteroatoms. The number of thioether (sulfide) groups is 1. The minimum absolute atomic E-state index is 0.363. The van der Waals surface area contributed by atoms with Gasteiger partial charge >= 0.3 is 0 Å². The quantitative estimate of drug-likeness (QED) is 0.392. The highest BCUT2D eigenvalue weighted by atomic mass is 35.5. The number of hydrogen-bond acceptors (Lipinski definition) is 4. The molecule has 2 rings (SSSR count). The highest BCUT2D eigenvalue weighted by molar-refractivity contribution is 7.98. The molecule has 0 fully saturated rings. The van der Waals surface area contributed by atoms with Crippen molar-refractivity contribution in [3.05, 3.63) is 52.9 Å². The number of nitrogens with two attached hydrogens (primary N) is 1. The molecule has 0 saturated heterocycles. The first-order chi connectivity index (χ1) is 8.69. The van der Waals surface area contributed by atoms with Crippen LogP contribution < -0.4 is 11.3 Å². The largest absolute Gasteiger partial charge is 0.468 e. The first-order valence-corrected chi connectivity index (χ1v) is 6.52. The van der Waals surface area contributed by atoms with Crippen molar-refractivity contribution < 1.29 is 9.21 Å². The number of benzene rings is 1. The Morgan fingerprint density at radius 2 is 2.28 bits per heavy atom. The minimum atomic E-state index is -0.363. The molecular weight excluding hydrogens is 272 g/mol. The van der Waals surface area contributed by atoms with E-state index in [9.17, 15) is 4.79 Å². The number of carbonyl (C=O) groups is 1. The average molecular weight is 283 g/mol. The summed E-state index contributed by atoms with van der Waals surface area (Å²) in [6.07, 6.45) is 1.38. The lowest BCUT2D eigenvalue weighted by Gasteiger charge is -1.99. The third-order valence-electron chi connectivity index (χ3n) is 2.22. The van der Waals surface area contributed by atoms with Crippen molar-refractivity contribution >= 4 is 29.3 Å². The van der Waals surface area contributed by atoms with E-state index in [-0.39, 0.29) is 5.91 Å². The summed E-state index contributed by atoms with van der Waals surface area (Å²) in [5.74, 6) is 6.00. The molecule has 1 amide bonds. The lowest BCUT2D eigenvalue weighted by molar-refractivity contribution is 0.0953. The Kier molecular flexibility index (Phi) is 4.30. The van der Waals surface area contributed by atoms with Gasteiger partial charge in [-0.3, -0.25) is 10.2 Å². The van der Waals surface area contributed by atoms with Crippen molar-refractivity contribution in [2.24, 2.45) is 5.84 Å². The van der Waals surface area contributed by atoms with E-state index in [0.29, 0.717) is 22.1 Å². The molecule has 1 heterocycles. The van der Waals surface area contributed by atoms with Gasteiger partial charge in [0, 0.05) is 9.92 Å². The van der Waals surface area contributed by atoms with Crippen LogP contribution in [0.2, 0.25) is 5.02 Å². The zero-order chi connectivity index (χ0) is 13.0. The summed E-state index contributed by atoms with van der Waals surface area (Å²) in [5.41, 5.74) is 2.47. The van der Waals surface area contributed by atoms with Gasteiger partial charge in [-0.1, -0.05) is 17.7 Å². The maximum atomic E-state index is 11.2. The standard InChI is InChI=1S/C12H11ClN2O2S/c13-9-2-1-3-11(5-9)18-7-10-4-8(6-17-10)12(16)15-14/h1-6H,7,14H2,(H,15,16). The molecule has 3 N–H and O–H groups in total. The van der Waals surface area contributed by atoms with Crippen molar-refractivity contribution in [1.82, 2.24) is 5.43 Å². The number of furan rings is 1. The summed E-state index contributed by atoms with van der Waals surface area (Å²) in [6, 6.07) is 9.22. The molecule has 0 spiro atoms. The van der Waals surface area contributed by atoms with Crippen LogP contribution >= 0.6 is 23.4 Å². The Morgan fingerprint density at radius 3 is 3.00 bits per heavy atom. The van der Waals surface area contributed by atoms with Crippen LogP contribution in [0.15, 0.2) is 45.9 Å². The Labute approximate surface area is 113 Å². The fraction of sp³-hybridized carbons (Fsp3) is 0.0833. The Bertz CT molecular complexity index is 557. The zero-order valence-corrected chi connectivity index (χ0v) is 10.9. The molecule has 18 heavy (non-hydrogen) atoms. The van der Waals surface area contributed by atoms with E-state index in [0.717, 1.165) is 4.90 Å². The summed E-state index contributed by atoms with van der Waals surface area (Å²) in [4.78, 5) is 12.3. The molecule has 0 unspecified atom stereocenters. The third-order valence-corrected chi connectivity index (χ3v) is 3.48. The number of carbonyl (C=O) groups excluding carboxylic acids is 1. The highest BCUT2D eigenvalue weighted by Gasteiger charge is 2.08. The van der Waals surface area contributed by atoms with Gasteiger partial charge < -0.3 is 4.42 Å². The fourth-order valence-corrected chi connectivity index (χ4v) is 2.47. The molecule has 0 bridgehead atoms. The van der Waals surface area contributed by atoms with E-state index in [4.69, 9.17) is 21.9 Å². The van der Waals surface area contributed by atoms with Crippen molar-refractivity contribution in [3.8, 4) is 0 Å². The van der Waals surface area contributed by atoms with Gasteiger partial charge in [-0.2, -0.15) is 0 Å². The Hall–Kier alpha value is -1.43. The lowest BCUT2D eigenvalue weighted by Crippen LogP contribution is -2.29. The predicted octanol–water partition coefficient (Wildman–Crippen LogP) is 2.83. The highest BCUT2D eigenvalue weighted by Crippen LogP contribution is 2.25. The molecule has 1 aromatic carbocycles. The smallest absolute Gasteiger partial charge is 0.268 e. The van der Waals surface area contributed by atoms with Gasteiger partial charge in [0.1, 0.15) is 12.0 Å². The van der Waals surface area contributed by atoms with E-state index in [2.05, 4.69) is 5.43 Å². The number of hydrogen-bond donors (Lipinski definition) is 2. The van der Waals surface area contributed by atoms with Crippen LogP contribution in [0.1, 0.15) is 16.1 Å². The number of hydrazine groups is 1. The molecule has 4 nitrogen and oxygen atoms in total. The maximum Gasteiger partial charge on any atom is 0.268 e. The molecule has 0 aliphatic carbocycles. The van der Waals surface area contributed by atoms with Crippen molar-refractivity contribution in [2.45, 2.75) is 10.6 Å². The number of nitrogens with one attached hydrogen (secondary N) is 1. The van der Waals surface area contributed by atoms with Crippen LogP contribution in [0.25, 0.3) is 0 Å². The zero-order valence-electron chi connectivity index (χ0n) is 9.35. The van der Waals surface area contributed by atoms with Crippen molar-refractivity contribution in [1.29, 1.82) is 0 Å². The normalized spacial score (nSPS) is 10.3. The molecule has 94 valence electrons. The summed E-state index contributed by atoms with van der Waals surface area (Å²) < 4.78 is 5.27. The molecule has 0 radical (unpaired) electrons. The Balaban J connectivity index is 1.98. The van der Waals surface area contributed by atoms with Gasteiger partial charge in [-0.15, -0.1) is 11.8 Å². The maximum absolute atomic E-state index is 11.2. The van der Waals surface area contributed by atoms with Crippen LogP contribution in [0.5, 0.6) is 0 Å². The van der Waals surface area contributed by atoms with Gasteiger partial charge in [0.25, 0.3) is 5.91 Å². The Morgan fingerprint density at radius 1 is 1.44 bits per heavy atom. The summed E-state index contributed by atoms with van der Waals surface area (Å²) in [7, 11) is 0. The fourth-order valence-electron chi connectivity index (χ4n) is 1.37. The van der Waals surface area contributed by atoms with Crippen LogP contribution in [0, 0.1) is 0 Å². The van der Waals surface area contributed by atoms with Gasteiger partial charge in [0.15, 0.2) is 0 Å². The molecule has 0 saturated carbocycles. The average Bonchev–Trinajstić information content (AvgIpc) is 2.84. The van der Waals surface area contributed by atoms with Gasteiger partial charge in [-0.25, -0.2) is 5.84 Å². The first-order valence-electron chi connectivity index (χ1n) is 5.16. The third kappa shape index (κ3) is 3.29. The van der Waals surface area contributed by atoms with E-state index >= 15 is 0 Å². The minimum Gasteiger partial charge on any atom is -0.468 e. The van der Waals surface area contributed by atoms with Crippen molar-refractivity contribution in [3.63, 3.8) is 0 Å². The number of nitrogen functional groups attached to an aromatic ring is 1. The van der Waals surface area contributed by atoms with Crippen LogP contribution in [0.3, 0.4) is 0 Å². The van der Waals surface area contributed by atoms with Gasteiger partial charge in [0.05, 0.1) is 11.3 Å². The second-order valence-corrected chi connectivity index (χ2v) is 5.01. The topological polar surface area (TPSA) is 68.3 Å². The second kappa shape index (κ2) is 5.95. The van der Waals surface area contributed by atoms with E-state index in [1.165, 1.54) is 6.26 Å². The molecular formula is C12H11ClN2O2S. The van der Waals surface area contributed by atoms with Gasteiger partial charge in [-0.05, 0) is 24.3 Å². The first kappa shape index (κ1) is 13.0. The molecule has 0 atom stereocenters. The summed E-state index contributed by atoms with van der Waals surface area (Å²) in [5, 5.41) is 0.697. The number of rotatable bonds is 4. The molecule has 0 aliphatic heterocycles. The summed E-state index contributed by atoms with van der Waals surface area (Å²) >= 11 is 7.47.